The quantitative estimate of drug-likeness (QED) is 0.150. The highest BCUT2D eigenvalue weighted by Crippen LogP contribution is 2.48. The van der Waals surface area contributed by atoms with Gasteiger partial charge in [-0.05, 0) is 114 Å². The van der Waals surface area contributed by atoms with Crippen molar-refractivity contribution in [3.8, 4) is 0 Å². The van der Waals surface area contributed by atoms with E-state index in [0.29, 0.717) is 32.3 Å². The number of aliphatic hydroxyl groups excluding tert-OH is 2. The normalized spacial score (nSPS) is 18.3. The molecule has 16 heteroatoms. The first-order valence-electron chi connectivity index (χ1n) is 25.6. The van der Waals surface area contributed by atoms with Crippen LogP contribution in [-0.4, -0.2) is 133 Å². The lowest BCUT2D eigenvalue weighted by Crippen LogP contribution is -2.47. The SMILES string of the molecule is CCCCO.CCOC(=O)CN1CC2(CCN(c3nc4c(c(=O)[nH]3)CCCC4)CC2)c2ccccc21.CN(CCO)C(=O)CN1CC2(CCN(c3nc4c(c(=O)[nH]3)CCCC4)CC2)c2ccccc21. The zero-order valence-electron chi connectivity index (χ0n) is 41.1. The number of piperidine rings is 2. The van der Waals surface area contributed by atoms with Crippen molar-refractivity contribution in [2.24, 2.45) is 0 Å². The molecular formula is C53H73N9O7. The van der Waals surface area contributed by atoms with Crippen LogP contribution in [0.25, 0.3) is 0 Å². The summed E-state index contributed by atoms with van der Waals surface area (Å²) >= 11 is 0. The number of unbranched alkanes of at least 4 members (excludes halogenated alkanes) is 1. The van der Waals surface area contributed by atoms with Gasteiger partial charge < -0.3 is 39.4 Å². The number of amides is 1. The second-order valence-electron chi connectivity index (χ2n) is 19.7. The summed E-state index contributed by atoms with van der Waals surface area (Å²) < 4.78 is 5.20. The summed E-state index contributed by atoms with van der Waals surface area (Å²) in [4.78, 5) is 76.1. The van der Waals surface area contributed by atoms with Crippen LogP contribution in [0.3, 0.4) is 0 Å². The van der Waals surface area contributed by atoms with Crippen LogP contribution in [0.1, 0.15) is 112 Å². The Kier molecular flexibility index (Phi) is 16.1. The third kappa shape index (κ3) is 10.9. The number of likely N-dealkylation sites (N-methyl/N-ethyl adjacent to an activating group) is 1. The van der Waals surface area contributed by atoms with Crippen molar-refractivity contribution in [1.82, 2.24) is 24.8 Å². The second-order valence-corrected chi connectivity index (χ2v) is 19.7. The molecule has 4 N–H and O–H groups in total. The van der Waals surface area contributed by atoms with Gasteiger partial charge in [0, 0.05) is 92.8 Å². The highest BCUT2D eigenvalue weighted by atomic mass is 16.5. The zero-order chi connectivity index (χ0) is 48.5. The summed E-state index contributed by atoms with van der Waals surface area (Å²) in [6, 6.07) is 16.9. The molecule has 1 amide bonds. The number of carbonyl (C=O) groups is 2. The van der Waals surface area contributed by atoms with Crippen LogP contribution < -0.4 is 30.7 Å². The molecule has 6 aliphatic rings. The van der Waals surface area contributed by atoms with E-state index < -0.39 is 0 Å². The predicted octanol–water partition coefficient (Wildman–Crippen LogP) is 4.81. The lowest BCUT2D eigenvalue weighted by molar-refractivity contribution is -0.141. The molecule has 16 nitrogen and oxygen atoms in total. The number of benzene rings is 2. The number of hydrogen-bond acceptors (Lipinski definition) is 13. The van der Waals surface area contributed by atoms with Gasteiger partial charge in [-0.2, -0.15) is 0 Å². The van der Waals surface area contributed by atoms with Gasteiger partial charge in [-0.15, -0.1) is 0 Å². The molecule has 0 unspecified atom stereocenters. The minimum Gasteiger partial charge on any atom is -0.465 e. The number of aliphatic hydroxyl groups is 2. The Balaban J connectivity index is 0.000000170. The number of aryl methyl sites for hydroxylation is 2. The maximum absolute atomic E-state index is 12.7. The Morgan fingerprint density at radius 2 is 1.14 bits per heavy atom. The Labute approximate surface area is 406 Å². The van der Waals surface area contributed by atoms with E-state index in [4.69, 9.17) is 24.9 Å². The summed E-state index contributed by atoms with van der Waals surface area (Å²) in [5.41, 5.74) is 8.70. The number of aromatic amines is 2. The molecule has 2 fully saturated rings. The fraction of sp³-hybridized carbons (Fsp3) is 0.585. The summed E-state index contributed by atoms with van der Waals surface area (Å²) in [5.74, 6) is 1.27. The average molecular weight is 948 g/mol. The van der Waals surface area contributed by atoms with E-state index in [1.54, 1.807) is 11.9 Å². The van der Waals surface area contributed by atoms with Crippen LogP contribution in [0.2, 0.25) is 0 Å². The molecule has 0 bridgehead atoms. The van der Waals surface area contributed by atoms with Gasteiger partial charge in [-0.1, -0.05) is 49.7 Å². The first-order chi connectivity index (χ1) is 33.5. The van der Waals surface area contributed by atoms with Crippen molar-refractivity contribution in [2.45, 2.75) is 115 Å². The van der Waals surface area contributed by atoms with Gasteiger partial charge in [0.1, 0.15) is 6.54 Å². The zero-order valence-corrected chi connectivity index (χ0v) is 41.1. The highest BCUT2D eigenvalue weighted by Gasteiger charge is 2.47. The van der Waals surface area contributed by atoms with Crippen molar-refractivity contribution in [1.29, 1.82) is 0 Å². The lowest BCUT2D eigenvalue weighted by atomic mass is 9.74. The van der Waals surface area contributed by atoms with Gasteiger partial charge in [0.05, 0.1) is 31.1 Å². The first-order valence-corrected chi connectivity index (χ1v) is 25.6. The summed E-state index contributed by atoms with van der Waals surface area (Å²) in [6.45, 7) is 10.5. The number of rotatable bonds is 11. The molecule has 2 saturated heterocycles. The maximum atomic E-state index is 12.7. The third-order valence-corrected chi connectivity index (χ3v) is 15.3. The van der Waals surface area contributed by atoms with Gasteiger partial charge in [-0.25, -0.2) is 9.97 Å². The van der Waals surface area contributed by atoms with E-state index in [9.17, 15) is 19.2 Å². The number of fused-ring (bicyclic) bond motifs is 6. The number of H-pyrrole nitrogens is 2. The van der Waals surface area contributed by atoms with Crippen molar-refractivity contribution in [3.05, 3.63) is 103 Å². The molecule has 4 aromatic rings. The Hall–Kier alpha value is -5.74. The van der Waals surface area contributed by atoms with E-state index in [1.807, 2.05) is 19.1 Å². The molecule has 0 atom stereocenters. The number of esters is 1. The molecule has 2 aliphatic carbocycles. The van der Waals surface area contributed by atoms with Crippen LogP contribution in [0.5, 0.6) is 0 Å². The minimum absolute atomic E-state index is 0.00255. The molecule has 2 spiro atoms. The molecule has 0 radical (unpaired) electrons. The number of nitrogens with one attached hydrogen (secondary N) is 2. The molecule has 0 saturated carbocycles. The number of aromatic nitrogens is 4. The van der Waals surface area contributed by atoms with E-state index >= 15 is 0 Å². The van der Waals surface area contributed by atoms with Crippen LogP contribution in [0, 0.1) is 0 Å². The van der Waals surface area contributed by atoms with E-state index in [1.165, 1.54) is 11.1 Å². The molecule has 4 aliphatic heterocycles. The highest BCUT2D eigenvalue weighted by molar-refractivity contribution is 5.83. The monoisotopic (exact) mass is 948 g/mol. The summed E-state index contributed by atoms with van der Waals surface area (Å²) in [5, 5.41) is 17.2. The standard InChI is InChI=1S/C25H33N5O3.C24H30N4O3.C4H10O/c1-28(14-15-31)22(32)16-30-17-25(19-7-3-5-9-21(19)30)10-12-29(13-11-25)24-26-20-8-4-2-6-18(20)23(33)27-24;1-2-31-21(29)15-28-16-24(18-8-4-6-10-20(18)28)11-13-27(14-12-24)23-25-19-9-5-3-7-17(19)22(30)26-23;1-2-3-4-5/h3,5,7,9,31H,2,4,6,8,10-17H2,1H3,(H,26,27,33);4,6,8,10H,2-3,5,7,9,11-16H2,1H3,(H,25,26,30);5H,2-4H2,1H3. The second kappa shape index (κ2) is 22.3. The number of anilines is 4. The van der Waals surface area contributed by atoms with Crippen molar-refractivity contribution in [3.63, 3.8) is 0 Å². The van der Waals surface area contributed by atoms with Crippen molar-refractivity contribution < 1.29 is 24.5 Å². The molecule has 6 heterocycles. The molecule has 69 heavy (non-hydrogen) atoms. The molecular weight excluding hydrogens is 875 g/mol. The topological polar surface area (TPSA) is 192 Å². The Morgan fingerprint density at radius 3 is 1.58 bits per heavy atom. The van der Waals surface area contributed by atoms with Crippen molar-refractivity contribution >= 4 is 35.1 Å². The van der Waals surface area contributed by atoms with E-state index in [0.717, 1.165) is 169 Å². The van der Waals surface area contributed by atoms with Gasteiger partial charge >= 0.3 is 5.97 Å². The number of hydrogen-bond donors (Lipinski definition) is 4. The predicted molar refractivity (Wildman–Crippen MR) is 270 cm³/mol. The molecule has 10 rings (SSSR count). The Bertz CT molecular complexity index is 2530. The fourth-order valence-corrected chi connectivity index (χ4v) is 11.5. The first kappa shape index (κ1) is 49.7. The van der Waals surface area contributed by atoms with Crippen LogP contribution in [-0.2, 0) is 50.8 Å². The molecule has 2 aromatic carbocycles. The Morgan fingerprint density at radius 1 is 0.681 bits per heavy atom. The minimum atomic E-state index is -0.178. The van der Waals surface area contributed by atoms with Gasteiger partial charge in [0.2, 0.25) is 17.8 Å². The van der Waals surface area contributed by atoms with E-state index in [2.05, 4.69) is 72.9 Å². The van der Waals surface area contributed by atoms with Crippen LogP contribution in [0.15, 0.2) is 58.1 Å². The number of ether oxygens (including phenoxy) is 1. The number of carbonyl (C=O) groups excluding carboxylic acids is 2. The number of nitrogens with zero attached hydrogens (tertiary/aromatic N) is 7. The third-order valence-electron chi connectivity index (χ3n) is 15.3. The van der Waals surface area contributed by atoms with E-state index in [-0.39, 0.29) is 47.0 Å². The number of para-hydroxylation sites is 2. The summed E-state index contributed by atoms with van der Waals surface area (Å²) in [7, 11) is 1.74. The average Bonchev–Trinajstić information content (AvgIpc) is 3.82. The van der Waals surface area contributed by atoms with Gasteiger partial charge in [-0.3, -0.25) is 29.1 Å². The van der Waals surface area contributed by atoms with Crippen molar-refractivity contribution in [2.75, 3.05) is 105 Å². The largest absolute Gasteiger partial charge is 0.465 e. The molecule has 372 valence electrons. The maximum Gasteiger partial charge on any atom is 0.325 e. The van der Waals surface area contributed by atoms with Gasteiger partial charge in [0.15, 0.2) is 0 Å². The van der Waals surface area contributed by atoms with Crippen LogP contribution in [0.4, 0.5) is 23.3 Å². The molecule has 2 aromatic heterocycles. The lowest BCUT2D eigenvalue weighted by Gasteiger charge is -2.40. The smallest absolute Gasteiger partial charge is 0.325 e. The summed E-state index contributed by atoms with van der Waals surface area (Å²) in [6.07, 6.45) is 13.7. The fourth-order valence-electron chi connectivity index (χ4n) is 11.5. The van der Waals surface area contributed by atoms with Crippen LogP contribution >= 0.6 is 0 Å². The van der Waals surface area contributed by atoms with Gasteiger partial charge in [0.25, 0.3) is 11.1 Å².